The van der Waals surface area contributed by atoms with E-state index in [9.17, 15) is 19.5 Å². The standard InChI is InChI=1S/C10H9NO6/c12-6-3-7(13)11-4(8(6)10(16)17)1-2-5(11)9(14)15/h3,5,12H,1-2H2,(H,14,15)(H,16,17). The van der Waals surface area contributed by atoms with Gasteiger partial charge in [-0.1, -0.05) is 0 Å². The summed E-state index contributed by atoms with van der Waals surface area (Å²) in [6, 6.07) is -0.329. The molecule has 1 unspecified atom stereocenters. The van der Waals surface area contributed by atoms with Gasteiger partial charge in [0, 0.05) is 11.8 Å². The molecular formula is C10H9NO6. The van der Waals surface area contributed by atoms with Gasteiger partial charge < -0.3 is 15.3 Å². The summed E-state index contributed by atoms with van der Waals surface area (Å²) in [7, 11) is 0. The molecule has 2 rings (SSSR count). The number of aliphatic carboxylic acids is 1. The van der Waals surface area contributed by atoms with Crippen LogP contribution in [-0.4, -0.2) is 31.8 Å². The Hall–Kier alpha value is -2.31. The molecule has 1 aliphatic rings. The molecule has 90 valence electrons. The fraction of sp³-hybridized carbons (Fsp3) is 0.300. The third-order valence-electron chi connectivity index (χ3n) is 2.80. The van der Waals surface area contributed by atoms with Crippen LogP contribution in [0.4, 0.5) is 0 Å². The Balaban J connectivity index is 2.75. The molecule has 1 aliphatic heterocycles. The summed E-state index contributed by atoms with van der Waals surface area (Å²) >= 11 is 0. The van der Waals surface area contributed by atoms with Crippen LogP contribution in [0.3, 0.4) is 0 Å². The molecule has 17 heavy (non-hydrogen) atoms. The van der Waals surface area contributed by atoms with E-state index < -0.39 is 34.9 Å². The largest absolute Gasteiger partial charge is 0.507 e. The number of hydrogen-bond donors (Lipinski definition) is 3. The molecule has 0 amide bonds. The van der Waals surface area contributed by atoms with Crippen molar-refractivity contribution in [2.75, 3.05) is 0 Å². The molecule has 0 aromatic carbocycles. The van der Waals surface area contributed by atoms with Gasteiger partial charge in [0.15, 0.2) is 0 Å². The van der Waals surface area contributed by atoms with Crippen molar-refractivity contribution in [3.05, 3.63) is 27.7 Å². The van der Waals surface area contributed by atoms with Crippen LogP contribution >= 0.6 is 0 Å². The summed E-state index contributed by atoms with van der Waals surface area (Å²) in [6.07, 6.45) is 0.288. The summed E-state index contributed by atoms with van der Waals surface area (Å²) in [5, 5.41) is 27.2. The van der Waals surface area contributed by atoms with Gasteiger partial charge in [-0.15, -0.1) is 0 Å². The molecule has 1 atom stereocenters. The highest BCUT2D eigenvalue weighted by Gasteiger charge is 2.33. The third-order valence-corrected chi connectivity index (χ3v) is 2.80. The fourth-order valence-corrected chi connectivity index (χ4v) is 2.12. The van der Waals surface area contributed by atoms with Crippen molar-refractivity contribution in [1.82, 2.24) is 4.57 Å². The minimum atomic E-state index is -1.38. The van der Waals surface area contributed by atoms with Gasteiger partial charge in [0.25, 0.3) is 5.56 Å². The van der Waals surface area contributed by atoms with E-state index >= 15 is 0 Å². The molecule has 7 nitrogen and oxygen atoms in total. The molecule has 0 bridgehead atoms. The second-order valence-electron chi connectivity index (χ2n) is 3.76. The van der Waals surface area contributed by atoms with Crippen molar-refractivity contribution >= 4 is 11.9 Å². The lowest BCUT2D eigenvalue weighted by molar-refractivity contribution is -0.140. The van der Waals surface area contributed by atoms with Gasteiger partial charge in [-0.05, 0) is 12.8 Å². The average molecular weight is 239 g/mol. The lowest BCUT2D eigenvalue weighted by atomic mass is 10.1. The molecule has 2 heterocycles. The van der Waals surface area contributed by atoms with E-state index in [1.807, 2.05) is 0 Å². The van der Waals surface area contributed by atoms with Gasteiger partial charge in [0.2, 0.25) is 0 Å². The summed E-state index contributed by atoms with van der Waals surface area (Å²) in [5.41, 5.74) is -1.03. The van der Waals surface area contributed by atoms with Crippen molar-refractivity contribution in [3.8, 4) is 5.75 Å². The van der Waals surface area contributed by atoms with E-state index in [0.29, 0.717) is 0 Å². The number of carboxylic acids is 2. The molecular weight excluding hydrogens is 230 g/mol. The average Bonchev–Trinajstić information content (AvgIpc) is 2.61. The highest BCUT2D eigenvalue weighted by atomic mass is 16.4. The first-order valence-electron chi connectivity index (χ1n) is 4.87. The Morgan fingerprint density at radius 2 is 2.00 bits per heavy atom. The summed E-state index contributed by atoms with van der Waals surface area (Å²) in [4.78, 5) is 33.4. The Morgan fingerprint density at radius 3 is 2.53 bits per heavy atom. The van der Waals surface area contributed by atoms with E-state index in [1.165, 1.54) is 0 Å². The minimum Gasteiger partial charge on any atom is -0.507 e. The Bertz CT molecular complexity index is 573. The molecule has 1 aromatic heterocycles. The van der Waals surface area contributed by atoms with Crippen LogP contribution in [0.2, 0.25) is 0 Å². The van der Waals surface area contributed by atoms with Gasteiger partial charge in [-0.25, -0.2) is 9.59 Å². The van der Waals surface area contributed by atoms with Crippen molar-refractivity contribution in [2.45, 2.75) is 18.9 Å². The van der Waals surface area contributed by atoms with Crippen LogP contribution < -0.4 is 5.56 Å². The van der Waals surface area contributed by atoms with E-state index in [2.05, 4.69) is 0 Å². The van der Waals surface area contributed by atoms with Crippen LogP contribution in [0.15, 0.2) is 10.9 Å². The molecule has 0 aliphatic carbocycles. The second-order valence-corrected chi connectivity index (χ2v) is 3.76. The minimum absolute atomic E-state index is 0.0647. The summed E-state index contributed by atoms with van der Waals surface area (Å²) < 4.78 is 0.922. The maximum atomic E-state index is 11.6. The highest BCUT2D eigenvalue weighted by Crippen LogP contribution is 2.30. The van der Waals surface area contributed by atoms with E-state index in [0.717, 1.165) is 10.6 Å². The van der Waals surface area contributed by atoms with Gasteiger partial charge >= 0.3 is 11.9 Å². The molecule has 1 aromatic rings. The fourth-order valence-electron chi connectivity index (χ4n) is 2.12. The van der Waals surface area contributed by atoms with Gasteiger partial charge in [0.1, 0.15) is 17.4 Å². The van der Waals surface area contributed by atoms with Crippen molar-refractivity contribution in [2.24, 2.45) is 0 Å². The van der Waals surface area contributed by atoms with E-state index in [-0.39, 0.29) is 18.5 Å². The monoisotopic (exact) mass is 239 g/mol. The normalized spacial score (nSPS) is 17.8. The predicted octanol–water partition coefficient (Wildman–Crippen LogP) is -0.176. The topological polar surface area (TPSA) is 117 Å². The lowest BCUT2D eigenvalue weighted by Crippen LogP contribution is -2.28. The molecule has 3 N–H and O–H groups in total. The zero-order valence-electron chi connectivity index (χ0n) is 8.58. The van der Waals surface area contributed by atoms with Gasteiger partial charge in [-0.2, -0.15) is 0 Å². The Kier molecular flexibility index (Phi) is 2.38. The smallest absolute Gasteiger partial charge is 0.341 e. The van der Waals surface area contributed by atoms with Crippen LogP contribution in [-0.2, 0) is 11.2 Å². The number of aromatic carboxylic acids is 1. The number of aromatic hydroxyl groups is 1. The molecule has 0 saturated heterocycles. The van der Waals surface area contributed by atoms with Crippen molar-refractivity contribution < 1.29 is 24.9 Å². The zero-order valence-corrected chi connectivity index (χ0v) is 8.58. The molecule has 0 fully saturated rings. The quantitative estimate of drug-likeness (QED) is 0.659. The summed E-state index contributed by atoms with van der Waals surface area (Å²) in [5.74, 6) is -3.19. The van der Waals surface area contributed by atoms with Crippen LogP contribution in [0.25, 0.3) is 0 Å². The first-order chi connectivity index (χ1) is 7.93. The number of aromatic nitrogens is 1. The van der Waals surface area contributed by atoms with Gasteiger partial charge in [0.05, 0.1) is 0 Å². The Labute approximate surface area is 94.5 Å². The van der Waals surface area contributed by atoms with Crippen molar-refractivity contribution in [1.29, 1.82) is 0 Å². The SMILES string of the molecule is O=C(O)c1c(O)cc(=O)n2c1CCC2C(=O)O. The van der Waals surface area contributed by atoms with Crippen LogP contribution in [0.5, 0.6) is 5.75 Å². The van der Waals surface area contributed by atoms with Crippen molar-refractivity contribution in [3.63, 3.8) is 0 Å². The molecule has 0 spiro atoms. The maximum Gasteiger partial charge on any atom is 0.341 e. The molecule has 0 saturated carbocycles. The van der Waals surface area contributed by atoms with E-state index in [4.69, 9.17) is 10.2 Å². The van der Waals surface area contributed by atoms with Crippen LogP contribution in [0.1, 0.15) is 28.5 Å². The predicted molar refractivity (Wildman–Crippen MR) is 54.3 cm³/mol. The number of rotatable bonds is 2. The van der Waals surface area contributed by atoms with Crippen LogP contribution in [0, 0.1) is 0 Å². The number of fused-ring (bicyclic) bond motifs is 1. The number of pyridine rings is 1. The zero-order chi connectivity index (χ0) is 12.7. The first kappa shape index (κ1) is 11.2. The lowest BCUT2D eigenvalue weighted by Gasteiger charge is -2.11. The second kappa shape index (κ2) is 3.62. The summed E-state index contributed by atoms with van der Waals surface area (Å²) in [6.45, 7) is 0. The first-order valence-corrected chi connectivity index (χ1v) is 4.87. The van der Waals surface area contributed by atoms with Gasteiger partial charge in [-0.3, -0.25) is 9.36 Å². The van der Waals surface area contributed by atoms with E-state index in [1.54, 1.807) is 0 Å². The number of carboxylic acid groups (broad SMARTS) is 2. The maximum absolute atomic E-state index is 11.6. The number of nitrogens with zero attached hydrogens (tertiary/aromatic N) is 1. The molecule has 7 heteroatoms. The highest BCUT2D eigenvalue weighted by molar-refractivity contribution is 5.92. The Morgan fingerprint density at radius 1 is 1.35 bits per heavy atom. The number of carbonyl (C=O) groups is 2. The molecule has 0 radical (unpaired) electrons. The third kappa shape index (κ3) is 1.55. The number of hydrogen-bond acceptors (Lipinski definition) is 4.